The molecule has 2 heterocycles. The molecule has 4 N–H and O–H groups in total. The first-order chi connectivity index (χ1) is 17.4. The lowest BCUT2D eigenvalue weighted by molar-refractivity contribution is 0.144. The van der Waals surface area contributed by atoms with Crippen molar-refractivity contribution < 1.29 is 19.4 Å². The van der Waals surface area contributed by atoms with E-state index >= 15 is 0 Å². The normalized spacial score (nSPS) is 14.3. The molecular weight excluding hydrogens is 458 g/mol. The molecule has 1 aliphatic carbocycles. The monoisotopic (exact) mass is 487 g/mol. The quantitative estimate of drug-likeness (QED) is 0.283. The number of aliphatic hydroxyl groups excluding tert-OH is 1. The minimum atomic E-state index is -1.01. The van der Waals surface area contributed by atoms with Crippen molar-refractivity contribution in [2.24, 2.45) is 0 Å². The lowest BCUT2D eigenvalue weighted by Crippen LogP contribution is -2.50. The number of carbonyl (C=O) groups is 1. The molecule has 0 bridgehead atoms. The van der Waals surface area contributed by atoms with Gasteiger partial charge in [-0.1, -0.05) is 54.6 Å². The van der Waals surface area contributed by atoms with E-state index in [1.165, 1.54) is 0 Å². The minimum absolute atomic E-state index is 0.0397. The minimum Gasteiger partial charge on any atom is -0.465 e. The van der Waals surface area contributed by atoms with E-state index in [9.17, 15) is 15.0 Å². The van der Waals surface area contributed by atoms with Crippen LogP contribution >= 0.6 is 0 Å². The van der Waals surface area contributed by atoms with Gasteiger partial charge in [0.25, 0.3) is 0 Å². The van der Waals surface area contributed by atoms with Gasteiger partial charge in [0.2, 0.25) is 11.7 Å². The van der Waals surface area contributed by atoms with Crippen molar-refractivity contribution in [2.75, 3.05) is 37.5 Å². The van der Waals surface area contributed by atoms with E-state index in [-0.39, 0.29) is 6.61 Å². The summed E-state index contributed by atoms with van der Waals surface area (Å²) in [6, 6.07) is 17.9. The molecule has 0 unspecified atom stereocenters. The van der Waals surface area contributed by atoms with E-state index in [1.807, 2.05) is 73.6 Å². The van der Waals surface area contributed by atoms with Gasteiger partial charge in [0.15, 0.2) is 0 Å². The Labute approximate surface area is 208 Å². The predicted octanol–water partition coefficient (Wildman–Crippen LogP) is 4.67. The zero-order valence-corrected chi connectivity index (χ0v) is 20.3. The first-order valence-corrected chi connectivity index (χ1v) is 12.0. The van der Waals surface area contributed by atoms with Gasteiger partial charge >= 0.3 is 6.09 Å². The zero-order chi connectivity index (χ0) is 25.3. The van der Waals surface area contributed by atoms with Crippen LogP contribution in [0.2, 0.25) is 0 Å². The second-order valence-corrected chi connectivity index (χ2v) is 9.21. The fourth-order valence-electron chi connectivity index (χ4n) is 4.80. The van der Waals surface area contributed by atoms with Gasteiger partial charge in [-0.3, -0.25) is 0 Å². The van der Waals surface area contributed by atoms with E-state index in [4.69, 9.17) is 9.40 Å². The van der Waals surface area contributed by atoms with Gasteiger partial charge in [-0.15, -0.1) is 0 Å². The Hall–Kier alpha value is -4.11. The fraction of sp³-hybridized carbons (Fsp3) is 0.296. The number of rotatable bonds is 8. The molecule has 0 saturated heterocycles. The third-order valence-corrected chi connectivity index (χ3v) is 6.67. The van der Waals surface area contributed by atoms with Crippen molar-refractivity contribution in [3.8, 4) is 22.5 Å². The van der Waals surface area contributed by atoms with E-state index in [2.05, 4.69) is 15.6 Å². The lowest BCUT2D eigenvalue weighted by Gasteiger charge is -2.42. The molecule has 9 nitrogen and oxygen atoms in total. The number of anilines is 2. The van der Waals surface area contributed by atoms with Crippen LogP contribution in [-0.4, -0.2) is 53.5 Å². The van der Waals surface area contributed by atoms with E-state index in [0.717, 1.165) is 46.9 Å². The molecule has 9 heteroatoms. The number of benzene rings is 2. The largest absolute Gasteiger partial charge is 0.465 e. The van der Waals surface area contributed by atoms with Gasteiger partial charge in [-0.25, -0.2) is 4.79 Å². The zero-order valence-electron chi connectivity index (χ0n) is 20.3. The number of hydrogen-bond acceptors (Lipinski definition) is 7. The first kappa shape index (κ1) is 23.6. The summed E-state index contributed by atoms with van der Waals surface area (Å²) in [4.78, 5) is 22.6. The number of amides is 1. The number of nitrogens with one attached hydrogen (secondary N) is 2. The van der Waals surface area contributed by atoms with Crippen LogP contribution in [-0.2, 0) is 5.54 Å². The van der Waals surface area contributed by atoms with Gasteiger partial charge in [0.05, 0.1) is 17.5 Å². The van der Waals surface area contributed by atoms with E-state index in [1.54, 1.807) is 0 Å². The second kappa shape index (κ2) is 9.50. The summed E-state index contributed by atoms with van der Waals surface area (Å²) in [5, 5.41) is 25.1. The summed E-state index contributed by atoms with van der Waals surface area (Å²) in [6.07, 6.45) is 1.54. The van der Waals surface area contributed by atoms with Crippen LogP contribution in [0.4, 0.5) is 16.6 Å². The molecular formula is C27H29N5O4. The molecule has 1 fully saturated rings. The lowest BCUT2D eigenvalue weighted by atomic mass is 9.72. The number of fused-ring (bicyclic) bond motifs is 1. The Morgan fingerprint density at radius 3 is 2.36 bits per heavy atom. The number of aliphatic hydroxyl groups is 1. The van der Waals surface area contributed by atoms with Gasteiger partial charge in [0.1, 0.15) is 11.6 Å². The predicted molar refractivity (Wildman–Crippen MR) is 139 cm³/mol. The average molecular weight is 488 g/mol. The third-order valence-electron chi connectivity index (χ3n) is 6.67. The molecule has 0 radical (unpaired) electrons. The fourth-order valence-corrected chi connectivity index (χ4v) is 4.80. The molecule has 5 rings (SSSR count). The SMILES string of the molecule is CN(C)c1nc(NCCO)nc2oc(-c3ccc(C4(NC(=O)O)CCC4)cc3)c(-c3ccccc3)c12. The molecule has 1 saturated carbocycles. The highest BCUT2D eigenvalue weighted by Gasteiger charge is 2.40. The molecule has 1 amide bonds. The Bertz CT molecular complexity index is 1380. The number of aromatic nitrogens is 2. The van der Waals surface area contributed by atoms with Crippen molar-refractivity contribution in [1.82, 2.24) is 15.3 Å². The summed E-state index contributed by atoms with van der Waals surface area (Å²) in [7, 11) is 3.84. The van der Waals surface area contributed by atoms with Crippen molar-refractivity contribution in [3.05, 3.63) is 60.2 Å². The first-order valence-electron chi connectivity index (χ1n) is 12.0. The van der Waals surface area contributed by atoms with Crippen LogP contribution in [0.5, 0.6) is 0 Å². The summed E-state index contributed by atoms with van der Waals surface area (Å²) in [6.45, 7) is 0.285. The molecule has 2 aromatic heterocycles. The molecule has 0 spiro atoms. The molecule has 2 aromatic carbocycles. The number of nitrogens with zero attached hydrogens (tertiary/aromatic N) is 3. The molecule has 4 aromatic rings. The second-order valence-electron chi connectivity index (χ2n) is 9.21. The van der Waals surface area contributed by atoms with E-state index in [0.29, 0.717) is 29.8 Å². The molecule has 36 heavy (non-hydrogen) atoms. The average Bonchev–Trinajstić information content (AvgIpc) is 3.24. The molecule has 0 aliphatic heterocycles. The molecule has 1 aliphatic rings. The maximum atomic E-state index is 11.4. The van der Waals surface area contributed by atoms with E-state index < -0.39 is 11.6 Å². The highest BCUT2D eigenvalue weighted by atomic mass is 16.4. The van der Waals surface area contributed by atoms with Crippen molar-refractivity contribution in [2.45, 2.75) is 24.8 Å². The van der Waals surface area contributed by atoms with Crippen LogP contribution in [0.15, 0.2) is 59.0 Å². The third kappa shape index (κ3) is 4.22. The standard InChI is InChI=1S/C27H29N5O4/c1-32(2)23-21-20(17-7-4-3-5-8-17)22(36-24(21)30-25(29-23)28-15-16-33)18-9-11-19(12-10-18)27(13-6-14-27)31-26(34)35/h3-5,7-12,31,33H,6,13-16H2,1-2H3,(H,34,35)(H,28,29,30). The maximum absolute atomic E-state index is 11.4. The van der Waals surface area contributed by atoms with Crippen LogP contribution in [0.25, 0.3) is 33.6 Å². The van der Waals surface area contributed by atoms with Gasteiger partial charge < -0.3 is 30.2 Å². The van der Waals surface area contributed by atoms with Gasteiger partial charge in [-0.05, 0) is 30.4 Å². The van der Waals surface area contributed by atoms with Gasteiger partial charge in [-0.2, -0.15) is 9.97 Å². The Balaban J connectivity index is 1.67. The maximum Gasteiger partial charge on any atom is 0.405 e. The Morgan fingerprint density at radius 2 is 1.78 bits per heavy atom. The summed E-state index contributed by atoms with van der Waals surface area (Å²) in [5.41, 5.74) is 3.57. The number of carboxylic acid groups (broad SMARTS) is 1. The summed E-state index contributed by atoms with van der Waals surface area (Å²) in [5.74, 6) is 1.74. The number of furan rings is 1. The van der Waals surface area contributed by atoms with Crippen molar-refractivity contribution in [3.63, 3.8) is 0 Å². The van der Waals surface area contributed by atoms with Crippen molar-refractivity contribution >= 4 is 29.0 Å². The number of hydrogen-bond donors (Lipinski definition) is 4. The molecule has 186 valence electrons. The van der Waals surface area contributed by atoms with Crippen LogP contribution in [0.1, 0.15) is 24.8 Å². The smallest absolute Gasteiger partial charge is 0.405 e. The van der Waals surface area contributed by atoms with Crippen molar-refractivity contribution in [1.29, 1.82) is 0 Å². The van der Waals surface area contributed by atoms with Gasteiger partial charge in [0, 0.05) is 31.8 Å². The topological polar surface area (TPSA) is 124 Å². The summed E-state index contributed by atoms with van der Waals surface area (Å²) < 4.78 is 6.39. The Morgan fingerprint density at radius 1 is 1.06 bits per heavy atom. The highest BCUT2D eigenvalue weighted by Crippen LogP contribution is 2.45. The van der Waals surface area contributed by atoms with Crippen LogP contribution in [0, 0.1) is 0 Å². The van der Waals surface area contributed by atoms with Crippen LogP contribution < -0.4 is 15.5 Å². The van der Waals surface area contributed by atoms with Crippen LogP contribution in [0.3, 0.4) is 0 Å². The Kier molecular flexibility index (Phi) is 6.24. The summed E-state index contributed by atoms with van der Waals surface area (Å²) >= 11 is 0. The molecule has 0 atom stereocenters. The highest BCUT2D eigenvalue weighted by molar-refractivity contribution is 6.06.